The van der Waals surface area contributed by atoms with Crippen molar-refractivity contribution in [1.82, 2.24) is 5.32 Å². The van der Waals surface area contributed by atoms with Crippen LogP contribution in [0.4, 0.5) is 0 Å². The van der Waals surface area contributed by atoms with E-state index < -0.39 is 5.60 Å². The predicted octanol–water partition coefficient (Wildman–Crippen LogP) is 4.08. The van der Waals surface area contributed by atoms with E-state index in [0.29, 0.717) is 0 Å². The van der Waals surface area contributed by atoms with Gasteiger partial charge >= 0.3 is 0 Å². The van der Waals surface area contributed by atoms with Gasteiger partial charge in [-0.25, -0.2) is 0 Å². The molecule has 1 aliphatic rings. The smallest absolute Gasteiger partial charge is 0.0771 e. The molecule has 1 saturated carbocycles. The van der Waals surface area contributed by atoms with E-state index in [2.05, 4.69) is 35.0 Å². The SMILES string of the molecule is OC1(CNCc2csc3ccccc23)CCCCCC1. The zero-order valence-corrected chi connectivity index (χ0v) is 12.7. The number of hydrogen-bond donors (Lipinski definition) is 2. The Hall–Kier alpha value is -0.900. The number of fused-ring (bicyclic) bond motifs is 1. The molecule has 1 aromatic carbocycles. The van der Waals surface area contributed by atoms with Crippen LogP contribution in [0, 0.1) is 0 Å². The van der Waals surface area contributed by atoms with Gasteiger partial charge in [0.25, 0.3) is 0 Å². The maximum atomic E-state index is 10.6. The van der Waals surface area contributed by atoms with Gasteiger partial charge in [-0.1, -0.05) is 43.9 Å². The highest BCUT2D eigenvalue weighted by atomic mass is 32.1. The molecule has 1 heterocycles. The van der Waals surface area contributed by atoms with Crippen LogP contribution in [-0.4, -0.2) is 17.3 Å². The normalized spacial score (nSPS) is 19.1. The van der Waals surface area contributed by atoms with Crippen molar-refractivity contribution in [1.29, 1.82) is 0 Å². The summed E-state index contributed by atoms with van der Waals surface area (Å²) < 4.78 is 1.34. The van der Waals surface area contributed by atoms with E-state index in [1.54, 1.807) is 11.3 Å². The minimum absolute atomic E-state index is 0.484. The molecule has 2 N–H and O–H groups in total. The van der Waals surface area contributed by atoms with E-state index >= 15 is 0 Å². The summed E-state index contributed by atoms with van der Waals surface area (Å²) in [4.78, 5) is 0. The predicted molar refractivity (Wildman–Crippen MR) is 86.2 cm³/mol. The van der Waals surface area contributed by atoms with Gasteiger partial charge in [0, 0.05) is 17.8 Å². The standard InChI is InChI=1S/C17H23NOS/c19-17(9-5-1-2-6-10-17)13-18-11-14-12-20-16-8-4-3-7-15(14)16/h3-4,7-8,12,18-19H,1-2,5-6,9-11,13H2. The number of hydrogen-bond acceptors (Lipinski definition) is 3. The van der Waals surface area contributed by atoms with Crippen LogP contribution in [0.2, 0.25) is 0 Å². The van der Waals surface area contributed by atoms with Gasteiger partial charge in [-0.2, -0.15) is 0 Å². The molecular formula is C17H23NOS. The monoisotopic (exact) mass is 289 g/mol. The number of nitrogens with one attached hydrogen (secondary N) is 1. The topological polar surface area (TPSA) is 32.3 Å². The molecular weight excluding hydrogens is 266 g/mol. The van der Waals surface area contributed by atoms with E-state index in [1.165, 1.54) is 41.3 Å². The van der Waals surface area contributed by atoms with Crippen LogP contribution < -0.4 is 5.32 Å². The van der Waals surface area contributed by atoms with E-state index in [1.807, 2.05) is 0 Å². The molecule has 108 valence electrons. The molecule has 0 radical (unpaired) electrons. The molecule has 0 atom stereocenters. The van der Waals surface area contributed by atoms with Crippen molar-refractivity contribution in [2.24, 2.45) is 0 Å². The fourth-order valence-electron chi connectivity index (χ4n) is 3.16. The maximum absolute atomic E-state index is 10.6. The molecule has 1 aromatic heterocycles. The van der Waals surface area contributed by atoms with Gasteiger partial charge in [0.15, 0.2) is 0 Å². The second-order valence-electron chi connectivity index (χ2n) is 6.00. The Labute approximate surface area is 124 Å². The minimum atomic E-state index is -0.484. The lowest BCUT2D eigenvalue weighted by molar-refractivity contribution is 0.0251. The van der Waals surface area contributed by atoms with Crippen molar-refractivity contribution in [2.75, 3.05) is 6.54 Å². The highest BCUT2D eigenvalue weighted by molar-refractivity contribution is 7.17. The Morgan fingerprint density at radius 1 is 1.10 bits per heavy atom. The zero-order chi connectivity index (χ0) is 13.8. The Morgan fingerprint density at radius 2 is 1.85 bits per heavy atom. The third kappa shape index (κ3) is 3.22. The molecule has 2 nitrogen and oxygen atoms in total. The molecule has 20 heavy (non-hydrogen) atoms. The van der Waals surface area contributed by atoms with Crippen molar-refractivity contribution in [3.63, 3.8) is 0 Å². The third-order valence-electron chi connectivity index (χ3n) is 4.36. The van der Waals surface area contributed by atoms with Crippen LogP contribution in [0.15, 0.2) is 29.6 Å². The number of aliphatic hydroxyl groups is 1. The summed E-state index contributed by atoms with van der Waals surface area (Å²) in [6, 6.07) is 8.53. The lowest BCUT2D eigenvalue weighted by atomic mass is 9.94. The number of thiophene rings is 1. The van der Waals surface area contributed by atoms with Crippen molar-refractivity contribution in [3.8, 4) is 0 Å². The summed E-state index contributed by atoms with van der Waals surface area (Å²) in [6.45, 7) is 1.57. The van der Waals surface area contributed by atoms with Gasteiger partial charge in [0.1, 0.15) is 0 Å². The van der Waals surface area contributed by atoms with Gasteiger partial charge in [-0.3, -0.25) is 0 Å². The Bertz CT molecular complexity index is 555. The van der Waals surface area contributed by atoms with Crippen molar-refractivity contribution >= 4 is 21.4 Å². The van der Waals surface area contributed by atoms with Crippen molar-refractivity contribution in [3.05, 3.63) is 35.2 Å². The lowest BCUT2D eigenvalue weighted by Gasteiger charge is -2.26. The summed E-state index contributed by atoms with van der Waals surface area (Å²) in [7, 11) is 0. The highest BCUT2D eigenvalue weighted by Gasteiger charge is 2.27. The van der Waals surface area contributed by atoms with Crippen LogP contribution in [0.5, 0.6) is 0 Å². The van der Waals surface area contributed by atoms with Gasteiger partial charge in [-0.15, -0.1) is 11.3 Å². The van der Waals surface area contributed by atoms with Gasteiger partial charge in [0.2, 0.25) is 0 Å². The molecule has 1 aliphatic carbocycles. The van der Waals surface area contributed by atoms with Crippen LogP contribution in [0.3, 0.4) is 0 Å². The van der Waals surface area contributed by atoms with Crippen LogP contribution >= 0.6 is 11.3 Å². The number of benzene rings is 1. The fourth-order valence-corrected chi connectivity index (χ4v) is 4.13. The second kappa shape index (κ2) is 6.25. The minimum Gasteiger partial charge on any atom is -0.389 e. The van der Waals surface area contributed by atoms with Gasteiger partial charge < -0.3 is 10.4 Å². The van der Waals surface area contributed by atoms with E-state index in [-0.39, 0.29) is 0 Å². The highest BCUT2D eigenvalue weighted by Crippen LogP contribution is 2.28. The summed E-state index contributed by atoms with van der Waals surface area (Å²) in [5.74, 6) is 0. The average Bonchev–Trinajstić information content (AvgIpc) is 2.74. The Balaban J connectivity index is 1.59. The molecule has 3 heteroatoms. The summed E-state index contributed by atoms with van der Waals surface area (Å²) in [6.07, 6.45) is 6.78. The quantitative estimate of drug-likeness (QED) is 0.831. The van der Waals surface area contributed by atoms with Crippen molar-refractivity contribution in [2.45, 2.75) is 50.7 Å². The molecule has 3 rings (SSSR count). The summed E-state index contributed by atoms with van der Waals surface area (Å²) in [5.41, 5.74) is 0.866. The summed E-state index contributed by atoms with van der Waals surface area (Å²) >= 11 is 1.80. The van der Waals surface area contributed by atoms with Gasteiger partial charge in [0.05, 0.1) is 5.60 Å². The molecule has 0 bridgehead atoms. The molecule has 0 saturated heterocycles. The van der Waals surface area contributed by atoms with E-state index in [9.17, 15) is 5.11 Å². The summed E-state index contributed by atoms with van der Waals surface area (Å²) in [5, 5.41) is 17.7. The first-order chi connectivity index (χ1) is 9.77. The first-order valence-electron chi connectivity index (χ1n) is 7.65. The fraction of sp³-hybridized carbons (Fsp3) is 0.529. The third-order valence-corrected chi connectivity index (χ3v) is 5.38. The Morgan fingerprint density at radius 3 is 2.65 bits per heavy atom. The largest absolute Gasteiger partial charge is 0.389 e. The average molecular weight is 289 g/mol. The molecule has 0 amide bonds. The molecule has 0 unspecified atom stereocenters. The van der Waals surface area contributed by atoms with E-state index in [0.717, 1.165) is 25.9 Å². The van der Waals surface area contributed by atoms with E-state index in [4.69, 9.17) is 0 Å². The molecule has 2 aromatic rings. The molecule has 0 aliphatic heterocycles. The molecule has 0 spiro atoms. The van der Waals surface area contributed by atoms with Crippen molar-refractivity contribution < 1.29 is 5.11 Å². The first kappa shape index (κ1) is 14.1. The van der Waals surface area contributed by atoms with Crippen LogP contribution in [0.1, 0.15) is 44.1 Å². The number of rotatable bonds is 4. The zero-order valence-electron chi connectivity index (χ0n) is 11.9. The second-order valence-corrected chi connectivity index (χ2v) is 6.91. The molecule has 1 fully saturated rings. The lowest BCUT2D eigenvalue weighted by Crippen LogP contribution is -2.39. The maximum Gasteiger partial charge on any atom is 0.0771 e. The Kier molecular flexibility index (Phi) is 4.39. The first-order valence-corrected chi connectivity index (χ1v) is 8.53. The van der Waals surface area contributed by atoms with Crippen LogP contribution in [0.25, 0.3) is 10.1 Å². The van der Waals surface area contributed by atoms with Crippen LogP contribution in [-0.2, 0) is 6.54 Å². The van der Waals surface area contributed by atoms with Gasteiger partial charge in [-0.05, 0) is 35.2 Å².